The molecule has 0 saturated carbocycles. The summed E-state index contributed by atoms with van der Waals surface area (Å²) in [7, 11) is 6.33. The van der Waals surface area contributed by atoms with Crippen LogP contribution < -0.4 is 34.0 Å². The topological polar surface area (TPSA) is 34.7 Å². The number of anilines is 6. The molecule has 1 aromatic heterocycles. The van der Waals surface area contributed by atoms with E-state index < -0.39 is 0 Å². The molecule has 0 radical (unpaired) electrons. The molecule has 4 aliphatic heterocycles. The Morgan fingerprint density at radius 1 is 0.315 bits per heavy atom. The van der Waals surface area contributed by atoms with Crippen LogP contribution in [-0.2, 0) is 17.9 Å². The van der Waals surface area contributed by atoms with Crippen LogP contribution in [0.5, 0.6) is 0 Å². The Morgan fingerprint density at radius 2 is 0.630 bits per heavy atom. The third kappa shape index (κ3) is 15.0. The van der Waals surface area contributed by atoms with Crippen molar-refractivity contribution in [2.45, 2.75) is 146 Å². The molecule has 92 heavy (non-hydrogen) atoms. The fraction of sp³-hybridized carbons (Fsp3) is 0.305. The second-order valence-corrected chi connectivity index (χ2v) is 27.0. The average Bonchev–Trinajstić information content (AvgIpc) is 1.66. The van der Waals surface area contributed by atoms with Crippen LogP contribution in [0.4, 0.5) is 34.1 Å². The highest BCUT2D eigenvalue weighted by Gasteiger charge is 2.29. The minimum absolute atomic E-state index is 0.161. The van der Waals surface area contributed by atoms with Crippen molar-refractivity contribution in [3.8, 4) is 5.69 Å². The zero-order valence-corrected chi connectivity index (χ0v) is 58.4. The third-order valence-corrected chi connectivity index (χ3v) is 18.5. The number of aromatic nitrogens is 2. The van der Waals surface area contributed by atoms with Crippen LogP contribution in [0, 0.1) is 41.5 Å². The van der Waals surface area contributed by atoms with Gasteiger partial charge in [0, 0.05) is 105 Å². The molecule has 0 fully saturated rings. The van der Waals surface area contributed by atoms with Gasteiger partial charge < -0.3 is 39.2 Å². The van der Waals surface area contributed by atoms with E-state index in [0.29, 0.717) is 18.5 Å². The molecule has 478 valence electrons. The van der Waals surface area contributed by atoms with E-state index in [0.717, 1.165) is 0 Å². The second-order valence-electron chi connectivity index (χ2n) is 27.0. The standard InChI is InChI=1S/C21H26N2.C17H18N2.C16H17N2.C16H24N2.C12H16N2/c1-16-11-12-18(21(3,4)5)15-20(16)23-14-13-22(17(23)2)19-9-7-6-8-10-19;1-14-8-6-7-11-17(14)19-13-12-18(15(19)2)16-9-4-3-5-10-16;1-12-8-4-5-9-14(12)18-13(2)17(3)15-10-6-7-11-16(15)18;1-12-7-8-14(16(3,4)5)11-15(12)18-10-9-17(6)13(18)2;1-10-6-4-5-7-12(10)14-9-8-13(3)11(14)2/h6-15,17H,1-5H3;3-13,15H,1-2H3;4-11H,1-3H3;7-11,13H,1-6H3;4-9,11H,1-3H3/q;;+1;;/t17-;15-;;13-;11-/m00.00/s1. The maximum atomic E-state index is 2.36. The number of aryl methyl sites for hydroxylation is 6. The van der Waals surface area contributed by atoms with Gasteiger partial charge in [-0.25, -0.2) is 4.57 Å². The summed E-state index contributed by atoms with van der Waals surface area (Å²) in [6, 6.07) is 68.6. The summed E-state index contributed by atoms with van der Waals surface area (Å²) in [5, 5.41) is 0. The lowest BCUT2D eigenvalue weighted by molar-refractivity contribution is -0.652. The van der Waals surface area contributed by atoms with E-state index in [9.17, 15) is 0 Å². The summed E-state index contributed by atoms with van der Waals surface area (Å²) < 4.78 is 4.56. The molecular weight excluding hydrogens is 1120 g/mol. The van der Waals surface area contributed by atoms with Crippen LogP contribution in [0.3, 0.4) is 0 Å². The SMILES string of the molecule is Cc1ccc(C(C)(C)C)cc1N1C=CN(C)[C@@H]1C.Cc1ccc(C(C)(C)C)cc1N1C=CN(c2ccccc2)[C@@H]1C.Cc1ccccc1-n1c(C)[n+](C)c2ccccc21.Cc1ccccc1N1C=CN(C)[C@@H]1C.Cc1ccccc1N1C=CN(c2ccccc2)[C@@H]1C. The highest BCUT2D eigenvalue weighted by Crippen LogP contribution is 2.37. The molecule has 0 unspecified atom stereocenters. The van der Waals surface area contributed by atoms with Gasteiger partial charge in [0.15, 0.2) is 11.0 Å². The van der Waals surface area contributed by atoms with Gasteiger partial charge in [-0.3, -0.25) is 0 Å². The Kier molecular flexibility index (Phi) is 21.0. The molecule has 13 rings (SSSR count). The summed E-state index contributed by atoms with van der Waals surface area (Å²) >= 11 is 0. The number of hydrogen-bond acceptors (Lipinski definition) is 8. The minimum atomic E-state index is 0.161. The van der Waals surface area contributed by atoms with Gasteiger partial charge in [-0.1, -0.05) is 169 Å². The second kappa shape index (κ2) is 28.8. The predicted molar refractivity (Wildman–Crippen MR) is 394 cm³/mol. The lowest BCUT2D eigenvalue weighted by atomic mass is 9.86. The van der Waals surface area contributed by atoms with E-state index in [1.165, 1.54) is 95.6 Å². The Hall–Kier alpha value is -9.41. The summed E-state index contributed by atoms with van der Waals surface area (Å²) in [6.07, 6.45) is 18.6. The first-order valence-electron chi connectivity index (χ1n) is 32.7. The fourth-order valence-electron chi connectivity index (χ4n) is 12.2. The largest absolute Gasteiger partial charge is 0.359 e. The van der Waals surface area contributed by atoms with Gasteiger partial charge >= 0.3 is 0 Å². The molecule has 0 N–H and O–H groups in total. The first-order chi connectivity index (χ1) is 43.8. The average molecular weight is 1230 g/mol. The summed E-state index contributed by atoms with van der Waals surface area (Å²) in [4.78, 5) is 18.3. The lowest BCUT2D eigenvalue weighted by Crippen LogP contribution is -2.36. The Bertz CT molecular complexity index is 4050. The number of imidazole rings is 1. The number of benzene rings is 8. The molecule has 5 heterocycles. The van der Waals surface area contributed by atoms with Crippen molar-refractivity contribution in [1.82, 2.24) is 14.4 Å². The molecule has 4 atom stereocenters. The zero-order chi connectivity index (χ0) is 66.2. The van der Waals surface area contributed by atoms with Crippen molar-refractivity contribution in [3.63, 3.8) is 0 Å². The van der Waals surface area contributed by atoms with Crippen LogP contribution in [0.1, 0.15) is 114 Å². The predicted octanol–water partition coefficient (Wildman–Crippen LogP) is 19.1. The monoisotopic (exact) mass is 1230 g/mol. The van der Waals surface area contributed by atoms with E-state index in [-0.39, 0.29) is 17.0 Å². The summed E-state index contributed by atoms with van der Waals surface area (Å²) in [6.45, 7) is 35.5. The molecule has 0 saturated heterocycles. The quantitative estimate of drug-likeness (QED) is 0.146. The van der Waals surface area contributed by atoms with Gasteiger partial charge in [0.25, 0.3) is 5.82 Å². The van der Waals surface area contributed by atoms with Gasteiger partial charge in [-0.2, -0.15) is 4.57 Å². The van der Waals surface area contributed by atoms with E-state index >= 15 is 0 Å². The first-order valence-corrected chi connectivity index (χ1v) is 32.7. The number of rotatable bonds is 7. The number of hydrogen-bond donors (Lipinski definition) is 0. The molecule has 8 aromatic carbocycles. The van der Waals surface area contributed by atoms with Gasteiger partial charge in [0.2, 0.25) is 0 Å². The fourth-order valence-corrected chi connectivity index (χ4v) is 12.2. The van der Waals surface area contributed by atoms with Gasteiger partial charge in [-0.05, 0) is 179 Å². The summed E-state index contributed by atoms with van der Waals surface area (Å²) in [5.74, 6) is 1.24. The van der Waals surface area contributed by atoms with Crippen molar-refractivity contribution < 1.29 is 4.57 Å². The van der Waals surface area contributed by atoms with E-state index in [1.807, 2.05) is 6.07 Å². The van der Waals surface area contributed by atoms with Gasteiger partial charge in [-0.15, -0.1) is 0 Å². The molecule has 0 spiro atoms. The molecule has 0 aliphatic carbocycles. The minimum Gasteiger partial charge on any atom is -0.359 e. The smallest absolute Gasteiger partial charge is 0.259 e. The highest BCUT2D eigenvalue weighted by molar-refractivity contribution is 5.75. The lowest BCUT2D eigenvalue weighted by Gasteiger charge is -2.32. The highest BCUT2D eigenvalue weighted by atomic mass is 15.4. The zero-order valence-electron chi connectivity index (χ0n) is 58.4. The molecule has 0 bridgehead atoms. The van der Waals surface area contributed by atoms with Crippen LogP contribution in [-0.4, -0.2) is 53.1 Å². The molecule has 10 nitrogen and oxygen atoms in total. The number of nitrogens with zero attached hydrogens (tertiary/aromatic N) is 10. The summed E-state index contributed by atoms with van der Waals surface area (Å²) in [5.41, 5.74) is 21.1. The third-order valence-electron chi connectivity index (χ3n) is 18.5. The molecule has 4 aliphatic rings. The van der Waals surface area contributed by atoms with Crippen molar-refractivity contribution >= 4 is 45.2 Å². The van der Waals surface area contributed by atoms with Crippen LogP contribution in [0.15, 0.2) is 244 Å². The number of fused-ring (bicyclic) bond motifs is 1. The van der Waals surface area contributed by atoms with E-state index in [1.54, 1.807) is 0 Å². The van der Waals surface area contributed by atoms with Crippen LogP contribution >= 0.6 is 0 Å². The molecular formula is C82H101N10+. The Balaban J connectivity index is 0.000000137. The molecule has 9 aromatic rings. The Morgan fingerprint density at radius 3 is 1.02 bits per heavy atom. The normalized spacial score (nSPS) is 17.4. The number of para-hydroxylation sites is 7. The van der Waals surface area contributed by atoms with Crippen molar-refractivity contribution in [3.05, 3.63) is 288 Å². The van der Waals surface area contributed by atoms with Gasteiger partial charge in [0.1, 0.15) is 30.4 Å². The molecule has 10 heteroatoms. The van der Waals surface area contributed by atoms with Crippen molar-refractivity contribution in [1.29, 1.82) is 0 Å². The van der Waals surface area contributed by atoms with Gasteiger partial charge in [0.05, 0.1) is 7.05 Å². The van der Waals surface area contributed by atoms with E-state index in [2.05, 4.69) is 418 Å². The maximum absolute atomic E-state index is 2.36. The van der Waals surface area contributed by atoms with Crippen molar-refractivity contribution in [2.75, 3.05) is 43.5 Å². The Labute approximate surface area is 552 Å². The molecule has 0 amide bonds. The van der Waals surface area contributed by atoms with Crippen LogP contribution in [0.25, 0.3) is 16.7 Å². The maximum Gasteiger partial charge on any atom is 0.259 e. The van der Waals surface area contributed by atoms with Crippen molar-refractivity contribution in [2.24, 2.45) is 7.05 Å². The van der Waals surface area contributed by atoms with Crippen LogP contribution in [0.2, 0.25) is 0 Å². The first kappa shape index (κ1) is 67.0. The van der Waals surface area contributed by atoms with E-state index in [4.69, 9.17) is 0 Å².